The maximum absolute atomic E-state index is 13.6. The molecule has 0 aliphatic heterocycles. The van der Waals surface area contributed by atoms with E-state index in [1.807, 2.05) is 4.72 Å². The van der Waals surface area contributed by atoms with Crippen molar-refractivity contribution in [1.82, 2.24) is 20.7 Å². The van der Waals surface area contributed by atoms with Gasteiger partial charge in [-0.3, -0.25) is 14.4 Å². The Morgan fingerprint density at radius 2 is 1.45 bits per heavy atom. The summed E-state index contributed by atoms with van der Waals surface area (Å²) in [6.45, 7) is 10.2. The van der Waals surface area contributed by atoms with Crippen molar-refractivity contribution in [3.8, 4) is 5.75 Å². The number of benzene rings is 2. The van der Waals surface area contributed by atoms with Crippen LogP contribution in [0, 0.1) is 5.92 Å². The summed E-state index contributed by atoms with van der Waals surface area (Å²) in [4.78, 5) is 52.2. The minimum atomic E-state index is -4.20. The molecule has 2 aromatic carbocycles. The molecule has 42 heavy (non-hydrogen) atoms. The molecule has 0 saturated heterocycles. The number of alkyl carbamates (subject to hydrolysis) is 1. The summed E-state index contributed by atoms with van der Waals surface area (Å²) in [6, 6.07) is 9.09. The first-order valence-electron chi connectivity index (χ1n) is 13.5. The Hall–Kier alpha value is -4.13. The summed E-state index contributed by atoms with van der Waals surface area (Å²) >= 11 is 0. The van der Waals surface area contributed by atoms with E-state index in [-0.39, 0.29) is 22.6 Å². The molecule has 0 saturated carbocycles. The van der Waals surface area contributed by atoms with Gasteiger partial charge in [0.25, 0.3) is 15.9 Å². The molecule has 0 bridgehead atoms. The number of carbonyl (C=O) groups excluding carboxylic acids is 4. The lowest BCUT2D eigenvalue weighted by Gasteiger charge is -2.28. The van der Waals surface area contributed by atoms with Crippen molar-refractivity contribution in [2.75, 3.05) is 0 Å². The van der Waals surface area contributed by atoms with E-state index in [1.54, 1.807) is 47.6 Å². The van der Waals surface area contributed by atoms with Crippen LogP contribution in [0.5, 0.6) is 5.75 Å². The predicted molar refractivity (Wildman–Crippen MR) is 156 cm³/mol. The molecule has 0 unspecified atom stereocenters. The zero-order chi connectivity index (χ0) is 31.7. The van der Waals surface area contributed by atoms with Crippen molar-refractivity contribution >= 4 is 33.8 Å². The van der Waals surface area contributed by atoms with Crippen LogP contribution in [0.4, 0.5) is 4.79 Å². The smallest absolute Gasteiger partial charge is 0.408 e. The van der Waals surface area contributed by atoms with Crippen molar-refractivity contribution in [3.63, 3.8) is 0 Å². The van der Waals surface area contributed by atoms with Crippen LogP contribution in [0.25, 0.3) is 0 Å². The van der Waals surface area contributed by atoms with Gasteiger partial charge in [0.15, 0.2) is 0 Å². The molecule has 2 rings (SSSR count). The Labute approximate surface area is 246 Å². The average molecular weight is 605 g/mol. The maximum atomic E-state index is 13.6. The SMILES string of the molecule is CCC[C@H](NC(=O)[C@@H](NC(=O)[C@@H](NC(=O)OC(C)(C)C)C(C)C)c1ccc(O)cc1)C(=O)NS(=O)(=O)c1ccccc1. The molecule has 4 amide bonds. The molecule has 0 aliphatic carbocycles. The Morgan fingerprint density at radius 1 is 0.857 bits per heavy atom. The van der Waals surface area contributed by atoms with Gasteiger partial charge in [0.05, 0.1) is 4.90 Å². The Balaban J connectivity index is 2.31. The summed E-state index contributed by atoms with van der Waals surface area (Å²) in [7, 11) is -4.20. The number of amides is 4. The van der Waals surface area contributed by atoms with Crippen molar-refractivity contribution in [1.29, 1.82) is 0 Å². The number of ether oxygens (including phenoxy) is 1. The van der Waals surface area contributed by atoms with Gasteiger partial charge in [0.1, 0.15) is 29.5 Å². The third kappa shape index (κ3) is 10.4. The molecule has 230 valence electrons. The van der Waals surface area contributed by atoms with Crippen molar-refractivity contribution < 1.29 is 37.4 Å². The molecule has 5 N–H and O–H groups in total. The number of sulfonamides is 1. The second kappa shape index (κ2) is 14.7. The van der Waals surface area contributed by atoms with Crippen LogP contribution in [-0.4, -0.2) is 55.0 Å². The molecular formula is C29H40N4O8S. The first kappa shape index (κ1) is 34.1. The maximum Gasteiger partial charge on any atom is 0.408 e. The lowest BCUT2D eigenvalue weighted by atomic mass is 10.0. The normalized spacial score (nSPS) is 13.8. The highest BCUT2D eigenvalue weighted by Crippen LogP contribution is 2.19. The number of phenols is 1. The number of nitrogens with one attached hydrogen (secondary N) is 4. The lowest BCUT2D eigenvalue weighted by molar-refractivity contribution is -0.132. The van der Waals surface area contributed by atoms with E-state index < -0.39 is 63.5 Å². The molecule has 0 aromatic heterocycles. The number of carbonyl (C=O) groups is 4. The quantitative estimate of drug-likeness (QED) is 0.245. The van der Waals surface area contributed by atoms with Crippen LogP contribution in [-0.2, 0) is 29.1 Å². The van der Waals surface area contributed by atoms with Gasteiger partial charge in [-0.25, -0.2) is 17.9 Å². The van der Waals surface area contributed by atoms with Crippen LogP contribution in [0.15, 0.2) is 59.5 Å². The number of aromatic hydroxyl groups is 1. The Morgan fingerprint density at radius 3 is 1.98 bits per heavy atom. The Kier molecular flexibility index (Phi) is 11.9. The van der Waals surface area contributed by atoms with E-state index in [0.29, 0.717) is 6.42 Å². The highest BCUT2D eigenvalue weighted by atomic mass is 32.2. The predicted octanol–water partition coefficient (Wildman–Crippen LogP) is 2.89. The minimum Gasteiger partial charge on any atom is -0.508 e. The average Bonchev–Trinajstić information content (AvgIpc) is 2.89. The van der Waals surface area contributed by atoms with Gasteiger partial charge in [0.2, 0.25) is 11.8 Å². The highest BCUT2D eigenvalue weighted by molar-refractivity contribution is 7.90. The third-order valence-corrected chi connectivity index (χ3v) is 7.26. The van der Waals surface area contributed by atoms with Crippen molar-refractivity contribution in [2.45, 2.75) is 83.0 Å². The number of phenolic OH excluding ortho intramolecular Hbond substituents is 1. The van der Waals surface area contributed by atoms with Gasteiger partial charge < -0.3 is 25.8 Å². The first-order chi connectivity index (χ1) is 19.5. The molecule has 12 nitrogen and oxygen atoms in total. The van der Waals surface area contributed by atoms with E-state index in [0.717, 1.165) is 0 Å². The lowest BCUT2D eigenvalue weighted by Crippen LogP contribution is -2.55. The molecule has 0 radical (unpaired) electrons. The molecule has 0 aliphatic rings. The van der Waals surface area contributed by atoms with Gasteiger partial charge in [-0.2, -0.15) is 0 Å². The second-order valence-electron chi connectivity index (χ2n) is 11.0. The zero-order valence-corrected chi connectivity index (χ0v) is 25.4. The van der Waals surface area contributed by atoms with Gasteiger partial charge in [-0.15, -0.1) is 0 Å². The van der Waals surface area contributed by atoms with Crippen LogP contribution in [0.2, 0.25) is 0 Å². The van der Waals surface area contributed by atoms with Crippen LogP contribution < -0.4 is 20.7 Å². The van der Waals surface area contributed by atoms with Crippen molar-refractivity contribution in [3.05, 3.63) is 60.2 Å². The van der Waals surface area contributed by atoms with Gasteiger partial charge in [0, 0.05) is 0 Å². The number of hydrogen-bond donors (Lipinski definition) is 5. The van der Waals surface area contributed by atoms with Crippen LogP contribution >= 0.6 is 0 Å². The summed E-state index contributed by atoms with van der Waals surface area (Å²) < 4.78 is 32.7. The number of rotatable bonds is 12. The van der Waals surface area contributed by atoms with Crippen LogP contribution in [0.1, 0.15) is 66.0 Å². The fourth-order valence-electron chi connectivity index (χ4n) is 3.84. The van der Waals surface area contributed by atoms with Gasteiger partial charge in [-0.05, 0) is 62.9 Å². The fraction of sp³-hybridized carbons (Fsp3) is 0.448. The summed E-state index contributed by atoms with van der Waals surface area (Å²) in [6.07, 6.45) is -0.288. The van der Waals surface area contributed by atoms with E-state index in [1.165, 1.54) is 48.5 Å². The van der Waals surface area contributed by atoms with E-state index in [4.69, 9.17) is 4.74 Å². The minimum absolute atomic E-state index is 0.0785. The van der Waals surface area contributed by atoms with Gasteiger partial charge >= 0.3 is 6.09 Å². The summed E-state index contributed by atoms with van der Waals surface area (Å²) in [5.41, 5.74) is -0.537. The topological polar surface area (TPSA) is 180 Å². The van der Waals surface area contributed by atoms with Crippen LogP contribution in [0.3, 0.4) is 0 Å². The molecule has 0 spiro atoms. The van der Waals surface area contributed by atoms with E-state index in [9.17, 15) is 32.7 Å². The third-order valence-electron chi connectivity index (χ3n) is 5.90. The largest absolute Gasteiger partial charge is 0.508 e. The summed E-state index contributed by atoms with van der Waals surface area (Å²) in [5, 5.41) is 17.4. The Bertz CT molecular complexity index is 1340. The zero-order valence-electron chi connectivity index (χ0n) is 24.6. The summed E-state index contributed by atoms with van der Waals surface area (Å²) in [5.74, 6) is -2.93. The monoisotopic (exact) mass is 604 g/mol. The number of hydrogen-bond acceptors (Lipinski definition) is 8. The fourth-order valence-corrected chi connectivity index (χ4v) is 4.88. The second-order valence-corrected chi connectivity index (χ2v) is 12.7. The molecule has 0 fully saturated rings. The molecule has 3 atom stereocenters. The molecule has 2 aromatic rings. The first-order valence-corrected chi connectivity index (χ1v) is 15.0. The standard InChI is InChI=1S/C29H40N4O8S/c1-7-11-22(25(35)33-42(39,40)21-12-9-8-10-13-21)30-27(37)24(19-14-16-20(34)17-15-19)31-26(36)23(18(2)3)32-28(38)41-29(4,5)6/h8-10,12-18,22-24,34H,7,11H2,1-6H3,(H,30,37)(H,31,36)(H,32,38)(H,33,35)/t22-,23-,24-/m0/s1. The van der Waals surface area contributed by atoms with Gasteiger partial charge in [-0.1, -0.05) is 57.5 Å². The van der Waals surface area contributed by atoms with E-state index in [2.05, 4.69) is 16.0 Å². The molecule has 13 heteroatoms. The highest BCUT2D eigenvalue weighted by Gasteiger charge is 2.33. The molecule has 0 heterocycles. The van der Waals surface area contributed by atoms with E-state index >= 15 is 0 Å². The van der Waals surface area contributed by atoms with Crippen molar-refractivity contribution in [2.24, 2.45) is 5.92 Å². The molecular weight excluding hydrogens is 564 g/mol.